The summed E-state index contributed by atoms with van der Waals surface area (Å²) < 4.78 is 37.5. The first kappa shape index (κ1) is 17.7. The van der Waals surface area contributed by atoms with Gasteiger partial charge in [0, 0.05) is 12.6 Å². The highest BCUT2D eigenvalue weighted by Crippen LogP contribution is 2.28. The van der Waals surface area contributed by atoms with E-state index in [4.69, 9.17) is 9.47 Å². The van der Waals surface area contributed by atoms with Gasteiger partial charge in [0.15, 0.2) is 0 Å². The Kier molecular flexibility index (Phi) is 6.00. The average Bonchev–Trinajstić information content (AvgIpc) is 3.08. The summed E-state index contributed by atoms with van der Waals surface area (Å²) in [4.78, 5) is 0.00405. The molecule has 0 saturated heterocycles. The van der Waals surface area contributed by atoms with Gasteiger partial charge in [-0.2, -0.15) is 11.3 Å². The Morgan fingerprint density at radius 3 is 2.65 bits per heavy atom. The summed E-state index contributed by atoms with van der Waals surface area (Å²) in [6.45, 7) is 0.111. The van der Waals surface area contributed by atoms with Gasteiger partial charge in [-0.3, -0.25) is 0 Å². The van der Waals surface area contributed by atoms with Crippen LogP contribution >= 0.6 is 11.3 Å². The Bertz CT molecular complexity index is 728. The Balaban J connectivity index is 2.07. The van der Waals surface area contributed by atoms with Crippen LogP contribution in [-0.2, 0) is 10.0 Å². The summed E-state index contributed by atoms with van der Waals surface area (Å²) in [5.41, 5.74) is 0.785. The number of ether oxygens (including phenoxy) is 2. The van der Waals surface area contributed by atoms with E-state index in [0.29, 0.717) is 5.75 Å². The van der Waals surface area contributed by atoms with Gasteiger partial charge < -0.3 is 14.6 Å². The van der Waals surface area contributed by atoms with E-state index in [9.17, 15) is 13.5 Å². The first-order valence-electron chi connectivity index (χ1n) is 6.90. The van der Waals surface area contributed by atoms with Crippen molar-refractivity contribution in [3.05, 3.63) is 40.6 Å². The molecule has 0 bridgehead atoms. The Labute approximate surface area is 139 Å². The average molecular weight is 357 g/mol. The maximum atomic E-state index is 12.4. The molecule has 6 nitrogen and oxygen atoms in total. The number of nitrogens with one attached hydrogen (secondary N) is 1. The van der Waals surface area contributed by atoms with E-state index in [2.05, 4.69) is 4.72 Å². The second-order valence-electron chi connectivity index (χ2n) is 4.78. The van der Waals surface area contributed by atoms with Crippen LogP contribution in [0.1, 0.15) is 18.1 Å². The lowest BCUT2D eigenvalue weighted by molar-refractivity contribution is 0.169. The molecule has 0 aliphatic heterocycles. The molecule has 0 saturated carbocycles. The fourth-order valence-corrected chi connectivity index (χ4v) is 3.97. The number of aliphatic hydroxyl groups excluding tert-OH is 1. The number of methoxy groups -OCH3 is 2. The minimum Gasteiger partial charge on any atom is -0.497 e. The molecule has 0 fully saturated rings. The van der Waals surface area contributed by atoms with Crippen molar-refractivity contribution in [1.29, 1.82) is 0 Å². The number of rotatable bonds is 8. The van der Waals surface area contributed by atoms with Crippen LogP contribution in [-0.4, -0.2) is 34.3 Å². The number of sulfonamides is 1. The molecule has 0 aliphatic carbocycles. The van der Waals surface area contributed by atoms with E-state index in [1.807, 2.05) is 16.8 Å². The van der Waals surface area contributed by atoms with E-state index >= 15 is 0 Å². The molecule has 1 aromatic carbocycles. The lowest BCUT2D eigenvalue weighted by Crippen LogP contribution is -2.26. The van der Waals surface area contributed by atoms with Gasteiger partial charge >= 0.3 is 0 Å². The van der Waals surface area contributed by atoms with Crippen molar-refractivity contribution in [2.75, 3.05) is 20.8 Å². The van der Waals surface area contributed by atoms with Crippen molar-refractivity contribution >= 4 is 21.4 Å². The predicted octanol–water partition coefficient (Wildman–Crippen LogP) is 2.17. The fourth-order valence-electron chi connectivity index (χ4n) is 2.03. The topological polar surface area (TPSA) is 84.9 Å². The lowest BCUT2D eigenvalue weighted by Gasteiger charge is -2.13. The summed E-state index contributed by atoms with van der Waals surface area (Å²) in [5.74, 6) is 0.654. The highest BCUT2D eigenvalue weighted by molar-refractivity contribution is 7.89. The molecule has 0 amide bonds. The highest BCUT2D eigenvalue weighted by atomic mass is 32.2. The lowest BCUT2D eigenvalue weighted by atomic mass is 10.1. The molecule has 126 valence electrons. The first-order chi connectivity index (χ1) is 11.0. The fraction of sp³-hybridized carbons (Fsp3) is 0.333. The van der Waals surface area contributed by atoms with Gasteiger partial charge in [0.1, 0.15) is 16.4 Å². The van der Waals surface area contributed by atoms with Crippen LogP contribution in [0.3, 0.4) is 0 Å². The molecule has 23 heavy (non-hydrogen) atoms. The SMILES string of the molecule is COc1ccc(OC)c(S(=O)(=O)NCCC(O)c2ccsc2)c1. The smallest absolute Gasteiger partial charge is 0.244 e. The van der Waals surface area contributed by atoms with Crippen LogP contribution in [0.2, 0.25) is 0 Å². The summed E-state index contributed by atoms with van der Waals surface area (Å²) in [5, 5.41) is 13.7. The molecular formula is C15H19NO5S2. The third-order valence-corrected chi connectivity index (χ3v) is 5.48. The zero-order chi connectivity index (χ0) is 16.9. The molecule has 2 rings (SSSR count). The van der Waals surface area contributed by atoms with Crippen molar-refractivity contribution in [3.63, 3.8) is 0 Å². The molecule has 2 N–H and O–H groups in total. The van der Waals surface area contributed by atoms with Gasteiger partial charge in [0.05, 0.1) is 20.3 Å². The van der Waals surface area contributed by atoms with Gasteiger partial charge in [0.2, 0.25) is 10.0 Å². The molecule has 0 radical (unpaired) electrons. The monoisotopic (exact) mass is 357 g/mol. The van der Waals surface area contributed by atoms with Gasteiger partial charge in [-0.25, -0.2) is 13.1 Å². The van der Waals surface area contributed by atoms with Crippen LogP contribution in [0.15, 0.2) is 39.9 Å². The molecule has 8 heteroatoms. The van der Waals surface area contributed by atoms with Crippen molar-refractivity contribution in [1.82, 2.24) is 4.72 Å². The summed E-state index contributed by atoms with van der Waals surface area (Å²) in [6.07, 6.45) is -0.418. The van der Waals surface area contributed by atoms with Crippen molar-refractivity contribution in [3.8, 4) is 11.5 Å². The summed E-state index contributed by atoms with van der Waals surface area (Å²) in [6, 6.07) is 6.37. The summed E-state index contributed by atoms with van der Waals surface area (Å²) >= 11 is 1.48. The van der Waals surface area contributed by atoms with Crippen molar-refractivity contribution in [2.45, 2.75) is 17.4 Å². The molecule has 1 unspecified atom stereocenters. The maximum absolute atomic E-state index is 12.4. The van der Waals surface area contributed by atoms with Gasteiger partial charge in [-0.05, 0) is 40.9 Å². The van der Waals surface area contributed by atoms with E-state index in [1.54, 1.807) is 6.07 Å². The quantitative estimate of drug-likeness (QED) is 0.756. The van der Waals surface area contributed by atoms with Crippen molar-refractivity contribution < 1.29 is 23.0 Å². The number of hydrogen-bond acceptors (Lipinski definition) is 6. The van der Waals surface area contributed by atoms with E-state index < -0.39 is 16.1 Å². The van der Waals surface area contributed by atoms with Crippen LogP contribution < -0.4 is 14.2 Å². The third-order valence-electron chi connectivity index (χ3n) is 3.30. The standard InChI is InChI=1S/C15H19NO5S2/c1-20-12-3-4-14(21-2)15(9-12)23(18,19)16-7-5-13(17)11-6-8-22-10-11/h3-4,6,8-10,13,16-17H,5,7H2,1-2H3. The zero-order valence-corrected chi connectivity index (χ0v) is 14.5. The Morgan fingerprint density at radius 2 is 2.04 bits per heavy atom. The summed E-state index contributed by atoms with van der Waals surface area (Å²) in [7, 11) is -0.899. The normalized spacial score (nSPS) is 12.8. The Hall–Kier alpha value is -1.61. The minimum absolute atomic E-state index is 0.00405. The van der Waals surface area contributed by atoms with Crippen LogP contribution in [0.5, 0.6) is 11.5 Å². The van der Waals surface area contributed by atoms with E-state index in [-0.39, 0.29) is 23.6 Å². The number of hydrogen-bond donors (Lipinski definition) is 2. The van der Waals surface area contributed by atoms with Crippen LogP contribution in [0.25, 0.3) is 0 Å². The second-order valence-corrected chi connectivity index (χ2v) is 7.29. The van der Waals surface area contributed by atoms with Gasteiger partial charge in [0.25, 0.3) is 0 Å². The van der Waals surface area contributed by atoms with Crippen LogP contribution in [0, 0.1) is 0 Å². The largest absolute Gasteiger partial charge is 0.497 e. The van der Waals surface area contributed by atoms with Gasteiger partial charge in [-0.15, -0.1) is 0 Å². The number of benzene rings is 1. The molecule has 0 aliphatic rings. The van der Waals surface area contributed by atoms with Crippen LogP contribution in [0.4, 0.5) is 0 Å². The molecule has 1 aromatic heterocycles. The zero-order valence-electron chi connectivity index (χ0n) is 12.9. The molecule has 2 aromatic rings. The predicted molar refractivity (Wildman–Crippen MR) is 88.6 cm³/mol. The molecule has 1 atom stereocenters. The maximum Gasteiger partial charge on any atom is 0.244 e. The Morgan fingerprint density at radius 1 is 1.26 bits per heavy atom. The van der Waals surface area contributed by atoms with Gasteiger partial charge in [-0.1, -0.05) is 0 Å². The molecule has 1 heterocycles. The highest BCUT2D eigenvalue weighted by Gasteiger charge is 2.20. The third kappa shape index (κ3) is 4.44. The number of thiophene rings is 1. The number of aliphatic hydroxyl groups is 1. The van der Waals surface area contributed by atoms with E-state index in [1.165, 1.54) is 37.7 Å². The molecule has 0 spiro atoms. The minimum atomic E-state index is -3.76. The van der Waals surface area contributed by atoms with Crippen molar-refractivity contribution in [2.24, 2.45) is 0 Å². The first-order valence-corrected chi connectivity index (χ1v) is 9.32. The second kappa shape index (κ2) is 7.78. The van der Waals surface area contributed by atoms with E-state index in [0.717, 1.165) is 5.56 Å². The molecular weight excluding hydrogens is 338 g/mol.